The molecule has 3 aliphatic carbocycles. The molecule has 0 aliphatic heterocycles. The van der Waals surface area contributed by atoms with Crippen LogP contribution in [0, 0.1) is 34.5 Å². The van der Waals surface area contributed by atoms with E-state index in [9.17, 15) is 14.4 Å². The van der Waals surface area contributed by atoms with Gasteiger partial charge in [-0.25, -0.2) is 4.98 Å². The molecule has 3 aliphatic rings. The standard InChI is InChI=1S/C25H34N2O5/c1-24-8-7-19-18(20(24)11-16(14-28)23(24)27-10-9-26-15-27)6-5-17(12-21(29)31-3)25(19,2)13-22(30)32-4/h9-10,14-15,17-20H,5-8,11-13H2,1-4H3/t17-,18+,19-,20-,24-,25-/m0/s1. The molecule has 0 radical (unpaired) electrons. The molecule has 6 atom stereocenters. The number of rotatable bonds is 6. The Morgan fingerprint density at radius 2 is 1.91 bits per heavy atom. The second-order valence-corrected chi connectivity index (χ2v) is 10.3. The number of ether oxygens (including phenoxy) is 2. The van der Waals surface area contributed by atoms with Crippen molar-refractivity contribution >= 4 is 23.9 Å². The van der Waals surface area contributed by atoms with E-state index in [1.165, 1.54) is 14.2 Å². The summed E-state index contributed by atoms with van der Waals surface area (Å²) < 4.78 is 12.1. The second-order valence-electron chi connectivity index (χ2n) is 10.3. The lowest BCUT2D eigenvalue weighted by Crippen LogP contribution is -2.52. The second kappa shape index (κ2) is 8.49. The number of aldehydes is 1. The van der Waals surface area contributed by atoms with Crippen LogP contribution in [0.5, 0.6) is 0 Å². The van der Waals surface area contributed by atoms with Gasteiger partial charge in [-0.2, -0.15) is 0 Å². The first-order valence-corrected chi connectivity index (χ1v) is 11.6. The van der Waals surface area contributed by atoms with Gasteiger partial charge in [0.2, 0.25) is 0 Å². The largest absolute Gasteiger partial charge is 0.469 e. The number of hydrogen-bond donors (Lipinski definition) is 0. The van der Waals surface area contributed by atoms with Crippen molar-refractivity contribution in [2.24, 2.45) is 34.5 Å². The van der Waals surface area contributed by atoms with Crippen LogP contribution in [0.2, 0.25) is 0 Å². The number of carbonyl (C=O) groups excluding carboxylic acids is 3. The van der Waals surface area contributed by atoms with E-state index in [2.05, 4.69) is 18.8 Å². The molecule has 0 N–H and O–H groups in total. The van der Waals surface area contributed by atoms with Crippen LogP contribution in [0.1, 0.15) is 58.8 Å². The number of carbonyl (C=O) groups is 3. The predicted octanol–water partition coefficient (Wildman–Crippen LogP) is 3.89. The Balaban J connectivity index is 1.69. The third kappa shape index (κ3) is 3.50. The van der Waals surface area contributed by atoms with Crippen LogP contribution in [0.4, 0.5) is 0 Å². The van der Waals surface area contributed by atoms with Crippen molar-refractivity contribution in [2.45, 2.75) is 58.8 Å². The molecular formula is C25H34N2O5. The van der Waals surface area contributed by atoms with Crippen molar-refractivity contribution < 1.29 is 23.9 Å². The average molecular weight is 443 g/mol. The number of hydrogen-bond acceptors (Lipinski definition) is 6. The number of methoxy groups -OCH3 is 2. The van der Waals surface area contributed by atoms with Gasteiger partial charge in [0.15, 0.2) is 0 Å². The predicted molar refractivity (Wildman–Crippen MR) is 118 cm³/mol. The summed E-state index contributed by atoms with van der Waals surface area (Å²) in [6, 6.07) is 0. The fraction of sp³-hybridized carbons (Fsp3) is 0.680. The van der Waals surface area contributed by atoms with Crippen molar-refractivity contribution in [1.29, 1.82) is 0 Å². The van der Waals surface area contributed by atoms with E-state index in [-0.39, 0.29) is 34.6 Å². The number of aromatic nitrogens is 2. The van der Waals surface area contributed by atoms with Crippen molar-refractivity contribution in [3.8, 4) is 0 Å². The molecule has 4 rings (SSSR count). The van der Waals surface area contributed by atoms with Gasteiger partial charge < -0.3 is 14.0 Å². The van der Waals surface area contributed by atoms with Crippen LogP contribution in [-0.4, -0.2) is 42.0 Å². The van der Waals surface area contributed by atoms with E-state index >= 15 is 0 Å². The molecule has 0 amide bonds. The molecule has 1 aromatic heterocycles. The van der Waals surface area contributed by atoms with Crippen molar-refractivity contribution in [3.63, 3.8) is 0 Å². The Hall–Kier alpha value is -2.44. The highest BCUT2D eigenvalue weighted by molar-refractivity contribution is 5.86. The quantitative estimate of drug-likeness (QED) is 0.491. The fourth-order valence-corrected chi connectivity index (χ4v) is 7.46. The molecule has 0 saturated heterocycles. The molecule has 2 saturated carbocycles. The molecular weight excluding hydrogens is 408 g/mol. The Labute approximate surface area is 189 Å². The Morgan fingerprint density at radius 3 is 2.53 bits per heavy atom. The van der Waals surface area contributed by atoms with E-state index in [4.69, 9.17) is 9.47 Å². The highest BCUT2D eigenvalue weighted by atomic mass is 16.5. The minimum absolute atomic E-state index is 0.0766. The van der Waals surface area contributed by atoms with Crippen LogP contribution in [-0.2, 0) is 23.9 Å². The highest BCUT2D eigenvalue weighted by Crippen LogP contribution is 2.66. The van der Waals surface area contributed by atoms with Gasteiger partial charge in [-0.15, -0.1) is 0 Å². The Bertz CT molecular complexity index is 923. The van der Waals surface area contributed by atoms with E-state index in [0.717, 1.165) is 49.7 Å². The average Bonchev–Trinajstić information content (AvgIpc) is 3.40. The topological polar surface area (TPSA) is 87.5 Å². The summed E-state index contributed by atoms with van der Waals surface area (Å²) in [5.74, 6) is 0.626. The zero-order valence-electron chi connectivity index (χ0n) is 19.5. The van der Waals surface area contributed by atoms with Crippen LogP contribution in [0.25, 0.3) is 5.70 Å². The van der Waals surface area contributed by atoms with Gasteiger partial charge in [-0.1, -0.05) is 13.8 Å². The van der Waals surface area contributed by atoms with Gasteiger partial charge in [0.1, 0.15) is 6.29 Å². The summed E-state index contributed by atoms with van der Waals surface area (Å²) in [5.41, 5.74) is 1.49. The number of esters is 2. The molecule has 1 heterocycles. The van der Waals surface area contributed by atoms with E-state index < -0.39 is 0 Å². The third-order valence-corrected chi connectivity index (χ3v) is 9.04. The van der Waals surface area contributed by atoms with Gasteiger partial charge in [-0.05, 0) is 61.2 Å². The lowest BCUT2D eigenvalue weighted by atomic mass is 9.46. The summed E-state index contributed by atoms with van der Waals surface area (Å²) in [7, 11) is 2.84. The van der Waals surface area contributed by atoms with E-state index in [0.29, 0.717) is 24.7 Å². The van der Waals surface area contributed by atoms with Crippen LogP contribution in [0.15, 0.2) is 24.3 Å². The number of nitrogens with zero attached hydrogens (tertiary/aromatic N) is 2. The maximum Gasteiger partial charge on any atom is 0.306 e. The van der Waals surface area contributed by atoms with Gasteiger partial charge in [-0.3, -0.25) is 14.4 Å². The Kier molecular flexibility index (Phi) is 6.03. The number of allylic oxidation sites excluding steroid dienone is 2. The van der Waals surface area contributed by atoms with E-state index in [1.807, 2.05) is 10.8 Å². The number of fused-ring (bicyclic) bond motifs is 3. The van der Waals surface area contributed by atoms with E-state index in [1.54, 1.807) is 12.5 Å². The summed E-state index contributed by atoms with van der Waals surface area (Å²) in [6.07, 6.45) is 11.6. The monoisotopic (exact) mass is 442 g/mol. The lowest BCUT2D eigenvalue weighted by Gasteiger charge is -2.58. The van der Waals surface area contributed by atoms with Crippen molar-refractivity contribution in [1.82, 2.24) is 9.55 Å². The van der Waals surface area contributed by atoms with Crippen LogP contribution in [0.3, 0.4) is 0 Å². The molecule has 0 unspecified atom stereocenters. The molecule has 7 heteroatoms. The summed E-state index contributed by atoms with van der Waals surface area (Å²) in [6.45, 7) is 4.45. The normalized spacial score (nSPS) is 36.2. The zero-order chi connectivity index (χ0) is 23.1. The zero-order valence-corrected chi connectivity index (χ0v) is 19.5. The maximum atomic E-state index is 12.5. The molecule has 0 bridgehead atoms. The maximum absolute atomic E-state index is 12.5. The molecule has 0 spiro atoms. The van der Waals surface area contributed by atoms with Gasteiger partial charge in [0.05, 0.1) is 27.0 Å². The molecule has 174 valence electrons. The lowest BCUT2D eigenvalue weighted by molar-refractivity contribution is -0.157. The first-order chi connectivity index (χ1) is 15.3. The highest BCUT2D eigenvalue weighted by Gasteiger charge is 2.60. The van der Waals surface area contributed by atoms with Crippen molar-refractivity contribution in [3.05, 3.63) is 24.3 Å². The summed E-state index contributed by atoms with van der Waals surface area (Å²) >= 11 is 0. The van der Waals surface area contributed by atoms with Crippen molar-refractivity contribution in [2.75, 3.05) is 14.2 Å². The minimum Gasteiger partial charge on any atom is -0.469 e. The van der Waals surface area contributed by atoms with Crippen LogP contribution < -0.4 is 0 Å². The summed E-state index contributed by atoms with van der Waals surface area (Å²) in [4.78, 5) is 40.9. The first kappa shape index (κ1) is 22.7. The molecule has 0 aromatic carbocycles. The third-order valence-electron chi connectivity index (χ3n) is 9.04. The fourth-order valence-electron chi connectivity index (χ4n) is 7.46. The molecule has 32 heavy (non-hydrogen) atoms. The number of imidazole rings is 1. The SMILES string of the molecule is COC(=O)C[C@@H]1CC[C@@H]2[C@H](CC[C@]3(C)C(n4ccnc4)=C(C=O)C[C@@H]23)[C@@]1(C)CC(=O)OC. The smallest absolute Gasteiger partial charge is 0.306 e. The minimum atomic E-state index is -0.343. The van der Waals surface area contributed by atoms with Gasteiger partial charge in [0, 0.05) is 35.5 Å². The molecule has 7 nitrogen and oxygen atoms in total. The Morgan fingerprint density at radius 1 is 1.16 bits per heavy atom. The van der Waals surface area contributed by atoms with Gasteiger partial charge >= 0.3 is 11.9 Å². The molecule has 1 aromatic rings. The van der Waals surface area contributed by atoms with Crippen LogP contribution >= 0.6 is 0 Å². The van der Waals surface area contributed by atoms with Gasteiger partial charge in [0.25, 0.3) is 0 Å². The first-order valence-electron chi connectivity index (χ1n) is 11.6. The molecule has 2 fully saturated rings. The summed E-state index contributed by atoms with van der Waals surface area (Å²) in [5, 5.41) is 0.